The van der Waals surface area contributed by atoms with Crippen molar-refractivity contribution in [2.75, 3.05) is 19.0 Å². The minimum absolute atomic E-state index is 0.0182. The number of nitrogens with one attached hydrogen (secondary N) is 1. The Morgan fingerprint density at radius 2 is 2.19 bits per heavy atom. The van der Waals surface area contributed by atoms with Crippen LogP contribution in [-0.4, -0.2) is 28.9 Å². The topological polar surface area (TPSA) is 72.0 Å². The average molecular weight is 288 g/mol. The lowest BCUT2D eigenvalue weighted by atomic mass is 10.0. The summed E-state index contributed by atoms with van der Waals surface area (Å²) in [6.07, 6.45) is 3.36. The summed E-state index contributed by atoms with van der Waals surface area (Å²) in [5.74, 6) is 6.70. The van der Waals surface area contributed by atoms with Gasteiger partial charge < -0.3 is 4.90 Å². The average Bonchev–Trinajstić information content (AvgIpc) is 2.92. The molecular weight excluding hydrogens is 264 g/mol. The Kier molecular flexibility index (Phi) is 5.30. The van der Waals surface area contributed by atoms with E-state index < -0.39 is 0 Å². The Hall–Kier alpha value is -1.92. The Labute approximate surface area is 125 Å². The maximum Gasteiger partial charge on any atom is 0.138 e. The molecule has 0 aliphatic rings. The van der Waals surface area contributed by atoms with Gasteiger partial charge in [-0.1, -0.05) is 19.1 Å². The molecule has 0 saturated carbocycles. The molecule has 6 nitrogen and oxygen atoms in total. The predicted octanol–water partition coefficient (Wildman–Crippen LogP) is 1.50. The number of aromatic nitrogens is 3. The zero-order valence-electron chi connectivity index (χ0n) is 13.0. The molecule has 2 aromatic rings. The van der Waals surface area contributed by atoms with Crippen LogP contribution >= 0.6 is 0 Å². The van der Waals surface area contributed by atoms with E-state index in [0.717, 1.165) is 30.0 Å². The largest absolute Gasteiger partial charge is 0.378 e. The van der Waals surface area contributed by atoms with Gasteiger partial charge in [0.25, 0.3) is 0 Å². The van der Waals surface area contributed by atoms with E-state index in [-0.39, 0.29) is 6.04 Å². The van der Waals surface area contributed by atoms with Crippen LogP contribution in [0.1, 0.15) is 30.8 Å². The molecule has 1 aromatic heterocycles. The number of nitrogens with two attached hydrogens (primary N) is 1. The third-order valence-electron chi connectivity index (χ3n) is 3.51. The number of benzene rings is 1. The van der Waals surface area contributed by atoms with Crippen LogP contribution in [0.5, 0.6) is 0 Å². The van der Waals surface area contributed by atoms with Gasteiger partial charge in [0.15, 0.2) is 0 Å². The van der Waals surface area contributed by atoms with Gasteiger partial charge in [-0.05, 0) is 24.1 Å². The maximum atomic E-state index is 5.75. The fourth-order valence-corrected chi connectivity index (χ4v) is 2.32. The van der Waals surface area contributed by atoms with Crippen LogP contribution < -0.4 is 16.2 Å². The molecule has 3 N–H and O–H groups in total. The first-order chi connectivity index (χ1) is 10.2. The van der Waals surface area contributed by atoms with Crippen molar-refractivity contribution in [2.45, 2.75) is 32.4 Å². The number of hydrogen-bond acceptors (Lipinski definition) is 5. The summed E-state index contributed by atoms with van der Waals surface area (Å²) in [5.41, 5.74) is 5.20. The van der Waals surface area contributed by atoms with Crippen LogP contribution in [0.25, 0.3) is 0 Å². The molecule has 1 aromatic carbocycles. The molecule has 21 heavy (non-hydrogen) atoms. The van der Waals surface area contributed by atoms with E-state index >= 15 is 0 Å². The van der Waals surface area contributed by atoms with Gasteiger partial charge in [0.2, 0.25) is 0 Å². The number of hydrogen-bond donors (Lipinski definition) is 2. The first-order valence-corrected chi connectivity index (χ1v) is 7.25. The normalized spacial score (nSPS) is 12.4. The highest BCUT2D eigenvalue weighted by molar-refractivity contribution is 5.47. The molecule has 6 heteroatoms. The molecule has 0 aliphatic heterocycles. The summed E-state index contributed by atoms with van der Waals surface area (Å²) in [7, 11) is 4.06. The fourth-order valence-electron chi connectivity index (χ4n) is 2.32. The Morgan fingerprint density at radius 1 is 1.38 bits per heavy atom. The van der Waals surface area contributed by atoms with E-state index in [1.54, 1.807) is 6.33 Å². The lowest BCUT2D eigenvalue weighted by Crippen LogP contribution is -2.30. The molecule has 2 rings (SSSR count). The van der Waals surface area contributed by atoms with Gasteiger partial charge in [0.05, 0.1) is 6.04 Å². The third-order valence-corrected chi connectivity index (χ3v) is 3.51. The van der Waals surface area contributed by atoms with Crippen LogP contribution in [0.3, 0.4) is 0 Å². The highest BCUT2D eigenvalue weighted by Gasteiger charge is 2.15. The minimum atomic E-state index is 0.0182. The van der Waals surface area contributed by atoms with Crippen LogP contribution in [0.15, 0.2) is 30.6 Å². The molecule has 0 spiro atoms. The molecule has 1 heterocycles. The second-order valence-electron chi connectivity index (χ2n) is 5.31. The Bertz CT molecular complexity index is 563. The molecular formula is C15H24N6. The summed E-state index contributed by atoms with van der Waals surface area (Å²) in [6.45, 7) is 3.01. The van der Waals surface area contributed by atoms with Gasteiger partial charge in [0.1, 0.15) is 12.2 Å². The number of aryl methyl sites for hydroxylation is 1. The van der Waals surface area contributed by atoms with E-state index in [2.05, 4.69) is 45.5 Å². The molecule has 0 fully saturated rings. The zero-order valence-corrected chi connectivity index (χ0v) is 13.0. The molecule has 114 valence electrons. The highest BCUT2D eigenvalue weighted by atomic mass is 15.3. The molecule has 0 amide bonds. The second-order valence-corrected chi connectivity index (χ2v) is 5.31. The Balaban J connectivity index is 2.19. The molecule has 1 unspecified atom stereocenters. The van der Waals surface area contributed by atoms with Crippen molar-refractivity contribution < 1.29 is 0 Å². The van der Waals surface area contributed by atoms with E-state index in [1.165, 1.54) is 0 Å². The van der Waals surface area contributed by atoms with Gasteiger partial charge in [-0.3, -0.25) is 16.0 Å². The van der Waals surface area contributed by atoms with E-state index in [0.29, 0.717) is 6.42 Å². The van der Waals surface area contributed by atoms with Gasteiger partial charge >= 0.3 is 0 Å². The van der Waals surface area contributed by atoms with Crippen molar-refractivity contribution in [3.05, 3.63) is 42.0 Å². The number of hydrazine groups is 1. The van der Waals surface area contributed by atoms with Gasteiger partial charge in [-0.2, -0.15) is 5.10 Å². The fraction of sp³-hybridized carbons (Fsp3) is 0.467. The quantitative estimate of drug-likeness (QED) is 0.597. The van der Waals surface area contributed by atoms with Crippen LogP contribution in [0, 0.1) is 0 Å². The van der Waals surface area contributed by atoms with Gasteiger partial charge in [-0.15, -0.1) is 0 Å². The van der Waals surface area contributed by atoms with Crippen LogP contribution in [0.4, 0.5) is 5.69 Å². The first-order valence-electron chi connectivity index (χ1n) is 7.25. The van der Waals surface area contributed by atoms with Crippen molar-refractivity contribution in [3.8, 4) is 0 Å². The second kappa shape index (κ2) is 7.19. The molecule has 0 radical (unpaired) electrons. The lowest BCUT2D eigenvalue weighted by molar-refractivity contribution is 0.499. The zero-order chi connectivity index (χ0) is 15.2. The highest BCUT2D eigenvalue weighted by Crippen LogP contribution is 2.21. The first kappa shape index (κ1) is 15.5. The van der Waals surface area contributed by atoms with Gasteiger partial charge in [0, 0.05) is 32.7 Å². The van der Waals surface area contributed by atoms with E-state index in [1.807, 2.05) is 24.8 Å². The minimum Gasteiger partial charge on any atom is -0.378 e. The van der Waals surface area contributed by atoms with Gasteiger partial charge in [-0.25, -0.2) is 4.98 Å². The molecule has 0 aliphatic carbocycles. The summed E-state index contributed by atoms with van der Waals surface area (Å²) in [4.78, 5) is 6.43. The summed E-state index contributed by atoms with van der Waals surface area (Å²) >= 11 is 0. The standard InChI is InChI=1S/C15H24N6/c1-4-8-21-15(17-11-18-21)10-14(19-16)12-6-5-7-13(9-12)20(2)3/h5-7,9,11,14,19H,4,8,10,16H2,1-3H3. The smallest absolute Gasteiger partial charge is 0.138 e. The van der Waals surface area contributed by atoms with Crippen LogP contribution in [0.2, 0.25) is 0 Å². The van der Waals surface area contributed by atoms with Crippen molar-refractivity contribution in [1.82, 2.24) is 20.2 Å². The summed E-state index contributed by atoms with van der Waals surface area (Å²) in [5, 5.41) is 4.26. The van der Waals surface area contributed by atoms with Crippen molar-refractivity contribution in [1.29, 1.82) is 0 Å². The Morgan fingerprint density at radius 3 is 2.86 bits per heavy atom. The summed E-state index contributed by atoms with van der Waals surface area (Å²) < 4.78 is 1.94. The van der Waals surface area contributed by atoms with Crippen molar-refractivity contribution in [3.63, 3.8) is 0 Å². The lowest BCUT2D eigenvalue weighted by Gasteiger charge is -2.19. The van der Waals surface area contributed by atoms with Crippen molar-refractivity contribution >= 4 is 5.69 Å². The summed E-state index contributed by atoms with van der Waals surface area (Å²) in [6, 6.07) is 8.37. The molecule has 0 bridgehead atoms. The number of nitrogens with zero attached hydrogens (tertiary/aromatic N) is 4. The predicted molar refractivity (Wildman–Crippen MR) is 84.9 cm³/mol. The van der Waals surface area contributed by atoms with E-state index in [4.69, 9.17) is 5.84 Å². The number of rotatable bonds is 7. The monoisotopic (exact) mass is 288 g/mol. The van der Waals surface area contributed by atoms with Crippen molar-refractivity contribution in [2.24, 2.45) is 5.84 Å². The van der Waals surface area contributed by atoms with Crippen LogP contribution in [-0.2, 0) is 13.0 Å². The SMILES string of the molecule is CCCn1ncnc1CC(NN)c1cccc(N(C)C)c1. The van der Waals surface area contributed by atoms with E-state index in [9.17, 15) is 0 Å². The number of anilines is 1. The maximum absolute atomic E-state index is 5.75. The molecule has 1 atom stereocenters. The third kappa shape index (κ3) is 3.80. The molecule has 0 saturated heterocycles.